The van der Waals surface area contributed by atoms with Crippen LogP contribution in [0.3, 0.4) is 0 Å². The zero-order valence-corrected chi connectivity index (χ0v) is 15.2. The van der Waals surface area contributed by atoms with Gasteiger partial charge in [-0.15, -0.1) is 0 Å². The van der Waals surface area contributed by atoms with Crippen LogP contribution in [0.5, 0.6) is 0 Å². The largest absolute Gasteiger partial charge is 0.465 e. The molecular weight excluding hydrogens is 332 g/mol. The fourth-order valence-electron chi connectivity index (χ4n) is 2.84. The van der Waals surface area contributed by atoms with Crippen molar-refractivity contribution in [3.05, 3.63) is 41.5 Å². The molecule has 1 aromatic rings. The third-order valence-corrected chi connectivity index (χ3v) is 4.33. The molecule has 0 atom stereocenters. The molecule has 0 saturated carbocycles. The quantitative estimate of drug-likeness (QED) is 0.461. The number of nitrogens with zero attached hydrogens (tertiary/aromatic N) is 1. The highest BCUT2D eigenvalue weighted by Crippen LogP contribution is 2.11. The lowest BCUT2D eigenvalue weighted by Crippen LogP contribution is -2.33. The van der Waals surface area contributed by atoms with Crippen LogP contribution in [0.15, 0.2) is 30.3 Å². The van der Waals surface area contributed by atoms with E-state index in [2.05, 4.69) is 10.1 Å². The Labute approximate surface area is 154 Å². The summed E-state index contributed by atoms with van der Waals surface area (Å²) < 4.78 is 4.64. The fraction of sp³-hybridized carbons (Fsp3) is 0.450. The van der Waals surface area contributed by atoms with Crippen molar-refractivity contribution < 1.29 is 19.1 Å². The molecule has 2 amide bonds. The van der Waals surface area contributed by atoms with Gasteiger partial charge in [0, 0.05) is 32.1 Å². The molecule has 6 nitrogen and oxygen atoms in total. The number of likely N-dealkylation sites (tertiary alicyclic amines) is 1. The standard InChI is InChI=1S/C20H26N2O4/c1-26-20(25)17-10-7-16(8-11-17)9-12-18(23)21-13-5-15-22-14-4-2-3-6-19(22)24/h7-12H,2-6,13-15H2,1H3,(H,21,23)/b12-9+. The Morgan fingerprint density at radius 1 is 1.19 bits per heavy atom. The summed E-state index contributed by atoms with van der Waals surface area (Å²) in [6.45, 7) is 2.06. The van der Waals surface area contributed by atoms with Crippen molar-refractivity contribution in [1.29, 1.82) is 0 Å². The maximum absolute atomic E-state index is 11.9. The van der Waals surface area contributed by atoms with E-state index >= 15 is 0 Å². The minimum absolute atomic E-state index is 0.177. The first kappa shape index (κ1) is 19.7. The molecule has 1 aromatic carbocycles. The lowest BCUT2D eigenvalue weighted by atomic mass is 10.1. The maximum atomic E-state index is 11.9. The van der Waals surface area contributed by atoms with Crippen LogP contribution in [0.25, 0.3) is 6.08 Å². The highest BCUT2D eigenvalue weighted by molar-refractivity contribution is 5.92. The molecule has 0 spiro atoms. The fourth-order valence-corrected chi connectivity index (χ4v) is 2.84. The lowest BCUT2D eigenvalue weighted by molar-refractivity contribution is -0.130. The molecule has 0 aliphatic carbocycles. The van der Waals surface area contributed by atoms with Crippen LogP contribution in [0.2, 0.25) is 0 Å². The Balaban J connectivity index is 1.70. The van der Waals surface area contributed by atoms with E-state index in [-0.39, 0.29) is 17.8 Å². The number of rotatable bonds is 7. The van der Waals surface area contributed by atoms with E-state index < -0.39 is 0 Å². The zero-order chi connectivity index (χ0) is 18.8. The van der Waals surface area contributed by atoms with Crippen LogP contribution in [-0.4, -0.2) is 49.4 Å². The van der Waals surface area contributed by atoms with Gasteiger partial charge in [-0.3, -0.25) is 9.59 Å². The highest BCUT2D eigenvalue weighted by atomic mass is 16.5. The van der Waals surface area contributed by atoms with Gasteiger partial charge in [0.05, 0.1) is 12.7 Å². The number of benzene rings is 1. The van der Waals surface area contributed by atoms with Crippen molar-refractivity contribution in [3.63, 3.8) is 0 Å². The van der Waals surface area contributed by atoms with E-state index in [4.69, 9.17) is 0 Å². The second-order valence-corrected chi connectivity index (χ2v) is 6.28. The first-order valence-corrected chi connectivity index (χ1v) is 9.02. The number of carbonyl (C=O) groups is 3. The number of ether oxygens (including phenoxy) is 1. The molecule has 0 bridgehead atoms. The predicted octanol–water partition coefficient (Wildman–Crippen LogP) is 2.40. The highest BCUT2D eigenvalue weighted by Gasteiger charge is 2.15. The summed E-state index contributed by atoms with van der Waals surface area (Å²) >= 11 is 0. The summed E-state index contributed by atoms with van der Waals surface area (Å²) in [5.41, 5.74) is 1.29. The summed E-state index contributed by atoms with van der Waals surface area (Å²) in [5, 5.41) is 2.82. The van der Waals surface area contributed by atoms with E-state index in [9.17, 15) is 14.4 Å². The number of nitrogens with one attached hydrogen (secondary N) is 1. The SMILES string of the molecule is COC(=O)c1ccc(/C=C/C(=O)NCCCN2CCCCCC2=O)cc1. The third kappa shape index (κ3) is 6.35. The zero-order valence-electron chi connectivity index (χ0n) is 15.2. The van der Waals surface area contributed by atoms with Crippen LogP contribution < -0.4 is 5.32 Å². The van der Waals surface area contributed by atoms with Gasteiger partial charge in [-0.2, -0.15) is 0 Å². The topological polar surface area (TPSA) is 75.7 Å². The van der Waals surface area contributed by atoms with Crippen LogP contribution in [0.4, 0.5) is 0 Å². The molecular formula is C20H26N2O4. The van der Waals surface area contributed by atoms with E-state index in [0.717, 1.165) is 37.8 Å². The summed E-state index contributed by atoms with van der Waals surface area (Å²) in [6, 6.07) is 6.81. The predicted molar refractivity (Wildman–Crippen MR) is 99.5 cm³/mol. The van der Waals surface area contributed by atoms with Crippen molar-refractivity contribution in [3.8, 4) is 0 Å². The molecule has 1 N–H and O–H groups in total. The maximum Gasteiger partial charge on any atom is 0.337 e. The summed E-state index contributed by atoms with van der Waals surface area (Å²) in [6.07, 6.45) is 7.71. The number of amides is 2. The molecule has 2 rings (SSSR count). The van der Waals surface area contributed by atoms with E-state index in [1.54, 1.807) is 30.3 Å². The summed E-state index contributed by atoms with van der Waals surface area (Å²) in [4.78, 5) is 37.0. The van der Waals surface area contributed by atoms with Gasteiger partial charge in [0.2, 0.25) is 11.8 Å². The number of hydrogen-bond donors (Lipinski definition) is 1. The second-order valence-electron chi connectivity index (χ2n) is 6.28. The van der Waals surface area contributed by atoms with Crippen molar-refractivity contribution >= 4 is 23.9 Å². The average Bonchev–Trinajstić information content (AvgIpc) is 2.87. The van der Waals surface area contributed by atoms with Crippen molar-refractivity contribution in [1.82, 2.24) is 10.2 Å². The van der Waals surface area contributed by atoms with Crippen molar-refractivity contribution in [2.75, 3.05) is 26.7 Å². The Kier molecular flexibility index (Phi) is 7.86. The lowest BCUT2D eigenvalue weighted by Gasteiger charge is -2.20. The Hall–Kier alpha value is -2.63. The number of hydrogen-bond acceptors (Lipinski definition) is 4. The molecule has 1 saturated heterocycles. The average molecular weight is 358 g/mol. The Morgan fingerprint density at radius 2 is 1.96 bits per heavy atom. The van der Waals surface area contributed by atoms with Gasteiger partial charge in [0.25, 0.3) is 0 Å². The smallest absolute Gasteiger partial charge is 0.337 e. The first-order chi connectivity index (χ1) is 12.6. The van der Waals surface area contributed by atoms with Gasteiger partial charge in [0.1, 0.15) is 0 Å². The van der Waals surface area contributed by atoms with Gasteiger partial charge in [-0.1, -0.05) is 18.6 Å². The Morgan fingerprint density at radius 3 is 2.69 bits per heavy atom. The van der Waals surface area contributed by atoms with Crippen LogP contribution in [0.1, 0.15) is 48.0 Å². The van der Waals surface area contributed by atoms with Gasteiger partial charge in [0.15, 0.2) is 0 Å². The van der Waals surface area contributed by atoms with E-state index in [1.807, 2.05) is 4.90 Å². The van der Waals surface area contributed by atoms with Crippen LogP contribution in [0, 0.1) is 0 Å². The molecule has 1 heterocycles. The molecule has 26 heavy (non-hydrogen) atoms. The molecule has 1 aliphatic heterocycles. The molecule has 140 valence electrons. The number of methoxy groups -OCH3 is 1. The normalized spacial score (nSPS) is 15.0. The Bertz CT molecular complexity index is 652. The molecule has 1 aliphatic rings. The molecule has 1 fully saturated rings. The molecule has 0 aromatic heterocycles. The van der Waals surface area contributed by atoms with Gasteiger partial charge in [-0.25, -0.2) is 4.79 Å². The second kappa shape index (κ2) is 10.4. The van der Waals surface area contributed by atoms with Gasteiger partial charge < -0.3 is 15.0 Å². The minimum Gasteiger partial charge on any atom is -0.465 e. The summed E-state index contributed by atoms with van der Waals surface area (Å²) in [5.74, 6) is -0.338. The first-order valence-electron chi connectivity index (χ1n) is 9.02. The molecule has 0 radical (unpaired) electrons. The molecule has 6 heteroatoms. The monoisotopic (exact) mass is 358 g/mol. The number of carbonyl (C=O) groups excluding carboxylic acids is 3. The van der Waals surface area contributed by atoms with Crippen LogP contribution in [-0.2, 0) is 14.3 Å². The minimum atomic E-state index is -0.388. The number of esters is 1. The van der Waals surface area contributed by atoms with Gasteiger partial charge in [-0.05, 0) is 43.0 Å². The van der Waals surface area contributed by atoms with Crippen LogP contribution >= 0.6 is 0 Å². The third-order valence-electron chi connectivity index (χ3n) is 4.33. The van der Waals surface area contributed by atoms with Crippen molar-refractivity contribution in [2.24, 2.45) is 0 Å². The van der Waals surface area contributed by atoms with Crippen molar-refractivity contribution in [2.45, 2.75) is 32.1 Å². The van der Waals surface area contributed by atoms with E-state index in [0.29, 0.717) is 25.1 Å². The molecule has 0 unspecified atom stereocenters. The van der Waals surface area contributed by atoms with E-state index in [1.165, 1.54) is 13.2 Å². The van der Waals surface area contributed by atoms with Gasteiger partial charge >= 0.3 is 5.97 Å². The summed E-state index contributed by atoms with van der Waals surface area (Å²) in [7, 11) is 1.34.